The minimum Gasteiger partial charge on any atom is -0.496 e. The maximum absolute atomic E-state index is 11.5. The van der Waals surface area contributed by atoms with Gasteiger partial charge in [-0.15, -0.1) is 0 Å². The smallest absolute Gasteiger partial charge is 0.290 e. The molecule has 1 amide bonds. The summed E-state index contributed by atoms with van der Waals surface area (Å²) < 4.78 is 5.59. The topological polar surface area (TPSA) is 91.8 Å². The third-order valence-corrected chi connectivity index (χ3v) is 4.98. The lowest BCUT2D eigenvalue weighted by Crippen LogP contribution is -2.28. The Morgan fingerprint density at radius 2 is 2.00 bits per heavy atom. The average Bonchev–Trinajstić information content (AvgIpc) is 2.98. The van der Waals surface area contributed by atoms with Gasteiger partial charge in [-0.05, 0) is 29.8 Å². The van der Waals surface area contributed by atoms with Gasteiger partial charge in [0, 0.05) is 55.3 Å². The van der Waals surface area contributed by atoms with Gasteiger partial charge >= 0.3 is 0 Å². The lowest BCUT2D eigenvalue weighted by Gasteiger charge is -2.20. The van der Waals surface area contributed by atoms with E-state index in [1.807, 2.05) is 30.5 Å². The Bertz CT molecular complexity index is 1020. The number of carbonyl (C=O) groups excluding carboxylic acids is 1. The maximum atomic E-state index is 11.5. The Kier molecular flexibility index (Phi) is 7.34. The number of nitrogens with zero attached hydrogens (tertiary/aromatic N) is 2. The second kappa shape index (κ2) is 10.4. The van der Waals surface area contributed by atoms with Gasteiger partial charge < -0.3 is 15.2 Å². The van der Waals surface area contributed by atoms with Crippen LogP contribution in [0.15, 0.2) is 54.7 Å². The van der Waals surface area contributed by atoms with Gasteiger partial charge in [-0.25, -0.2) is 0 Å². The molecule has 7 nitrogen and oxygen atoms in total. The quantitative estimate of drug-likeness (QED) is 0.646. The summed E-state index contributed by atoms with van der Waals surface area (Å²) in [7, 11) is 1.69. The van der Waals surface area contributed by atoms with Gasteiger partial charge in [-0.2, -0.15) is 0 Å². The van der Waals surface area contributed by atoms with E-state index in [2.05, 4.69) is 39.5 Å². The van der Waals surface area contributed by atoms with Crippen molar-refractivity contribution in [2.45, 2.75) is 13.0 Å². The second-order valence-electron chi connectivity index (χ2n) is 6.93. The highest BCUT2D eigenvalue weighted by Crippen LogP contribution is 2.32. The van der Waals surface area contributed by atoms with Crippen LogP contribution >= 0.6 is 0 Å². The van der Waals surface area contributed by atoms with Crippen LogP contribution in [0, 0.1) is 0 Å². The van der Waals surface area contributed by atoms with Crippen molar-refractivity contribution >= 4 is 23.3 Å². The highest BCUT2D eigenvalue weighted by atomic mass is 16.5. The van der Waals surface area contributed by atoms with E-state index in [1.165, 1.54) is 5.56 Å². The molecule has 0 spiro atoms. The van der Waals surface area contributed by atoms with Gasteiger partial charge in [0.2, 0.25) is 5.91 Å². The third-order valence-electron chi connectivity index (χ3n) is 4.98. The molecule has 30 heavy (non-hydrogen) atoms. The zero-order valence-corrected chi connectivity index (χ0v) is 16.9. The Morgan fingerprint density at radius 1 is 1.20 bits per heavy atom. The molecule has 0 unspecified atom stereocenters. The molecule has 156 valence electrons. The Balaban J connectivity index is 0.000000806. The molecule has 0 bridgehead atoms. The predicted molar refractivity (Wildman–Crippen MR) is 115 cm³/mol. The van der Waals surface area contributed by atoms with E-state index in [4.69, 9.17) is 14.6 Å². The molecule has 2 aromatic carbocycles. The van der Waals surface area contributed by atoms with Crippen LogP contribution < -0.4 is 10.1 Å². The summed E-state index contributed by atoms with van der Waals surface area (Å²) in [5.74, 6) is 0.971. The SMILES string of the molecule is COc1ccc(CN2CCNC(=O)CC2)cc1-c1cnc2ccccc2c1.O=CO. The fourth-order valence-corrected chi connectivity index (χ4v) is 3.53. The summed E-state index contributed by atoms with van der Waals surface area (Å²) in [6.45, 7) is 2.92. The number of hydrogen-bond donors (Lipinski definition) is 2. The summed E-state index contributed by atoms with van der Waals surface area (Å²) in [4.78, 5) is 26.8. The van der Waals surface area contributed by atoms with Crippen LogP contribution in [0.5, 0.6) is 5.75 Å². The number of nitrogens with one attached hydrogen (secondary N) is 1. The maximum Gasteiger partial charge on any atom is 0.290 e. The molecule has 1 aliphatic rings. The Hall–Kier alpha value is -3.45. The number of methoxy groups -OCH3 is 1. The van der Waals surface area contributed by atoms with Crippen molar-refractivity contribution in [3.05, 3.63) is 60.3 Å². The second-order valence-corrected chi connectivity index (χ2v) is 6.93. The predicted octanol–water partition coefficient (Wildman–Crippen LogP) is 2.93. The van der Waals surface area contributed by atoms with Crippen molar-refractivity contribution in [2.24, 2.45) is 0 Å². The average molecular weight is 407 g/mol. The number of carboxylic acid groups (broad SMARTS) is 1. The number of ether oxygens (including phenoxy) is 1. The molecule has 4 rings (SSSR count). The number of fused-ring (bicyclic) bond motifs is 1. The zero-order chi connectivity index (χ0) is 21.3. The molecular weight excluding hydrogens is 382 g/mol. The van der Waals surface area contributed by atoms with E-state index < -0.39 is 0 Å². The summed E-state index contributed by atoms with van der Waals surface area (Å²) in [5, 5.41) is 10.9. The van der Waals surface area contributed by atoms with E-state index >= 15 is 0 Å². The summed E-state index contributed by atoms with van der Waals surface area (Å²) >= 11 is 0. The largest absolute Gasteiger partial charge is 0.496 e. The summed E-state index contributed by atoms with van der Waals surface area (Å²) in [6, 6.07) is 16.5. The van der Waals surface area contributed by atoms with Crippen molar-refractivity contribution < 1.29 is 19.4 Å². The Labute approximate surface area is 175 Å². The number of aromatic nitrogens is 1. The summed E-state index contributed by atoms with van der Waals surface area (Å²) in [5.41, 5.74) is 4.27. The standard InChI is InChI=1S/C22H23N3O2.CH2O2/c1-27-21-7-6-16(15-25-10-8-22(26)23-9-11-25)12-19(21)18-13-17-4-2-3-5-20(17)24-14-18;2-1-3/h2-7,12-14H,8-11,15H2,1H3,(H,23,26);1H,(H,2,3). The highest BCUT2D eigenvalue weighted by Gasteiger charge is 2.15. The molecular formula is C23H25N3O4. The number of carbonyl (C=O) groups is 2. The van der Waals surface area contributed by atoms with E-state index in [-0.39, 0.29) is 12.4 Å². The lowest BCUT2D eigenvalue weighted by molar-refractivity contribution is -0.123. The molecule has 0 saturated carbocycles. The number of amides is 1. The van der Waals surface area contributed by atoms with Crippen LogP contribution in [0.4, 0.5) is 0 Å². The molecule has 0 atom stereocenters. The number of hydrogen-bond acceptors (Lipinski definition) is 5. The lowest BCUT2D eigenvalue weighted by atomic mass is 10.0. The van der Waals surface area contributed by atoms with E-state index in [0.29, 0.717) is 13.0 Å². The zero-order valence-electron chi connectivity index (χ0n) is 16.9. The van der Waals surface area contributed by atoms with Gasteiger partial charge in [-0.1, -0.05) is 24.3 Å². The van der Waals surface area contributed by atoms with Crippen molar-refractivity contribution in [1.82, 2.24) is 15.2 Å². The minimum absolute atomic E-state index is 0.134. The highest BCUT2D eigenvalue weighted by molar-refractivity contribution is 5.84. The molecule has 0 radical (unpaired) electrons. The van der Waals surface area contributed by atoms with Crippen molar-refractivity contribution in [3.63, 3.8) is 0 Å². The molecule has 7 heteroatoms. The third kappa shape index (κ3) is 5.33. The van der Waals surface area contributed by atoms with Crippen molar-refractivity contribution in [1.29, 1.82) is 0 Å². The normalized spacial score (nSPS) is 14.2. The number of pyridine rings is 1. The summed E-state index contributed by atoms with van der Waals surface area (Å²) in [6.07, 6.45) is 2.45. The molecule has 3 aromatic rings. The van der Waals surface area contributed by atoms with E-state index in [9.17, 15) is 4.79 Å². The first-order chi connectivity index (χ1) is 14.6. The molecule has 1 saturated heterocycles. The number of benzene rings is 2. The van der Waals surface area contributed by atoms with Crippen LogP contribution in [0.1, 0.15) is 12.0 Å². The first-order valence-corrected chi connectivity index (χ1v) is 9.73. The van der Waals surface area contributed by atoms with Gasteiger partial charge in [0.15, 0.2) is 0 Å². The van der Waals surface area contributed by atoms with E-state index in [1.54, 1.807) is 7.11 Å². The first-order valence-electron chi connectivity index (χ1n) is 9.73. The monoisotopic (exact) mass is 407 g/mol. The van der Waals surface area contributed by atoms with Crippen LogP contribution in [-0.4, -0.2) is 54.1 Å². The van der Waals surface area contributed by atoms with Crippen LogP contribution in [0.3, 0.4) is 0 Å². The van der Waals surface area contributed by atoms with Crippen LogP contribution in [0.2, 0.25) is 0 Å². The van der Waals surface area contributed by atoms with Gasteiger partial charge in [0.05, 0.1) is 12.6 Å². The first kappa shape index (κ1) is 21.3. The molecule has 2 N–H and O–H groups in total. The van der Waals surface area contributed by atoms with Gasteiger partial charge in [-0.3, -0.25) is 19.5 Å². The van der Waals surface area contributed by atoms with Gasteiger partial charge in [0.1, 0.15) is 5.75 Å². The molecule has 1 fully saturated rings. The van der Waals surface area contributed by atoms with E-state index in [0.717, 1.165) is 47.4 Å². The molecule has 1 aliphatic heterocycles. The molecule has 0 aliphatic carbocycles. The number of para-hydroxylation sites is 1. The fourth-order valence-electron chi connectivity index (χ4n) is 3.53. The molecule has 1 aromatic heterocycles. The minimum atomic E-state index is -0.250. The number of rotatable bonds is 4. The van der Waals surface area contributed by atoms with Crippen molar-refractivity contribution in [3.8, 4) is 16.9 Å². The van der Waals surface area contributed by atoms with Crippen LogP contribution in [-0.2, 0) is 16.1 Å². The van der Waals surface area contributed by atoms with Crippen LogP contribution in [0.25, 0.3) is 22.0 Å². The van der Waals surface area contributed by atoms with Crippen molar-refractivity contribution in [2.75, 3.05) is 26.7 Å². The van der Waals surface area contributed by atoms with Gasteiger partial charge in [0.25, 0.3) is 6.47 Å². The molecule has 2 heterocycles. The fraction of sp³-hybridized carbons (Fsp3) is 0.261. The Morgan fingerprint density at radius 3 is 2.80 bits per heavy atom.